The molecule has 1 unspecified atom stereocenters. The first-order valence-corrected chi connectivity index (χ1v) is 5.61. The van der Waals surface area contributed by atoms with E-state index in [1.54, 1.807) is 6.92 Å². The number of alkyl halides is 3. The van der Waals surface area contributed by atoms with E-state index in [1.807, 2.05) is 0 Å². The summed E-state index contributed by atoms with van der Waals surface area (Å²) in [7, 11) is 0. The van der Waals surface area contributed by atoms with E-state index in [2.05, 4.69) is 15.5 Å². The SMILES string of the molecule is CCC(C(=O)Nc1ccc(C(F)(F)F)nc1)/C(N)=N/O. The molecule has 6 nitrogen and oxygen atoms in total. The van der Waals surface area contributed by atoms with E-state index in [9.17, 15) is 18.0 Å². The van der Waals surface area contributed by atoms with Gasteiger partial charge >= 0.3 is 6.18 Å². The van der Waals surface area contributed by atoms with Crippen molar-refractivity contribution in [1.82, 2.24) is 4.98 Å². The Bertz CT molecular complexity index is 499. The summed E-state index contributed by atoms with van der Waals surface area (Å²) >= 11 is 0. The third-order valence-electron chi connectivity index (χ3n) is 2.52. The van der Waals surface area contributed by atoms with Crippen LogP contribution in [0, 0.1) is 5.92 Å². The van der Waals surface area contributed by atoms with Gasteiger partial charge in [0, 0.05) is 0 Å². The molecule has 1 atom stereocenters. The number of pyridine rings is 1. The second kappa shape index (κ2) is 6.22. The van der Waals surface area contributed by atoms with Gasteiger partial charge in [-0.15, -0.1) is 0 Å². The molecule has 0 aliphatic carbocycles. The standard InChI is InChI=1S/C11H13F3N4O2/c1-2-7(9(15)18-20)10(19)17-6-3-4-8(16-5-6)11(12,13)14/h3-5,7,20H,2H2,1H3,(H2,15,18)(H,17,19). The Morgan fingerprint density at radius 2 is 2.20 bits per heavy atom. The van der Waals surface area contributed by atoms with E-state index in [0.29, 0.717) is 0 Å². The first-order valence-electron chi connectivity index (χ1n) is 5.61. The van der Waals surface area contributed by atoms with E-state index in [1.165, 1.54) is 0 Å². The number of hydrogen-bond acceptors (Lipinski definition) is 4. The van der Waals surface area contributed by atoms with E-state index < -0.39 is 23.7 Å². The molecule has 1 heterocycles. The molecule has 0 fully saturated rings. The van der Waals surface area contributed by atoms with Crippen molar-refractivity contribution in [3.05, 3.63) is 24.0 Å². The number of halogens is 3. The second-order valence-corrected chi connectivity index (χ2v) is 3.90. The number of nitrogens with two attached hydrogens (primary N) is 1. The summed E-state index contributed by atoms with van der Waals surface area (Å²) in [5.74, 6) is -1.74. The quantitative estimate of drug-likeness (QED) is 0.341. The van der Waals surface area contributed by atoms with Gasteiger partial charge in [-0.1, -0.05) is 12.1 Å². The molecule has 4 N–H and O–H groups in total. The number of anilines is 1. The smallest absolute Gasteiger partial charge is 0.409 e. The lowest BCUT2D eigenvalue weighted by Crippen LogP contribution is -2.34. The molecule has 110 valence electrons. The van der Waals surface area contributed by atoms with Crippen molar-refractivity contribution in [2.75, 3.05) is 5.32 Å². The van der Waals surface area contributed by atoms with Gasteiger partial charge in [-0.05, 0) is 18.6 Å². The molecular formula is C11H13F3N4O2. The van der Waals surface area contributed by atoms with Crippen LogP contribution in [-0.2, 0) is 11.0 Å². The number of nitrogens with one attached hydrogen (secondary N) is 1. The summed E-state index contributed by atoms with van der Waals surface area (Å²) in [6, 6.07) is 1.83. The molecule has 20 heavy (non-hydrogen) atoms. The fourth-order valence-corrected chi connectivity index (χ4v) is 1.46. The maximum absolute atomic E-state index is 12.3. The van der Waals surface area contributed by atoms with Crippen molar-refractivity contribution in [2.24, 2.45) is 16.8 Å². The molecule has 0 radical (unpaired) electrons. The van der Waals surface area contributed by atoms with Crippen LogP contribution in [0.1, 0.15) is 19.0 Å². The first kappa shape index (κ1) is 15.7. The molecule has 0 saturated carbocycles. The van der Waals surface area contributed by atoms with E-state index in [4.69, 9.17) is 10.9 Å². The van der Waals surface area contributed by atoms with Gasteiger partial charge in [0.25, 0.3) is 0 Å². The zero-order valence-electron chi connectivity index (χ0n) is 10.5. The number of amidine groups is 1. The molecule has 0 saturated heterocycles. The third kappa shape index (κ3) is 3.84. The fraction of sp³-hybridized carbons (Fsp3) is 0.364. The number of oxime groups is 1. The summed E-state index contributed by atoms with van der Waals surface area (Å²) in [6.45, 7) is 1.65. The minimum absolute atomic E-state index is 0.0900. The number of aromatic nitrogens is 1. The van der Waals surface area contributed by atoms with Gasteiger partial charge in [0.05, 0.1) is 17.8 Å². The average molecular weight is 290 g/mol. The van der Waals surface area contributed by atoms with Gasteiger partial charge in [0.1, 0.15) is 5.69 Å². The lowest BCUT2D eigenvalue weighted by atomic mass is 10.0. The van der Waals surface area contributed by atoms with E-state index in [0.717, 1.165) is 18.3 Å². The van der Waals surface area contributed by atoms with Crippen molar-refractivity contribution in [2.45, 2.75) is 19.5 Å². The van der Waals surface area contributed by atoms with Crippen LogP contribution in [0.2, 0.25) is 0 Å². The Balaban J connectivity index is 2.81. The summed E-state index contributed by atoms with van der Waals surface area (Å²) in [5, 5.41) is 13.6. The molecule has 0 spiro atoms. The number of nitrogens with zero attached hydrogens (tertiary/aromatic N) is 2. The summed E-state index contributed by atoms with van der Waals surface area (Å²) in [5.41, 5.74) is 4.37. The average Bonchev–Trinajstić information content (AvgIpc) is 2.38. The van der Waals surface area contributed by atoms with Crippen molar-refractivity contribution in [3.63, 3.8) is 0 Å². The maximum Gasteiger partial charge on any atom is 0.433 e. The minimum atomic E-state index is -4.54. The maximum atomic E-state index is 12.3. The predicted octanol–water partition coefficient (Wildman–Crippen LogP) is 1.81. The number of carbonyl (C=O) groups excluding carboxylic acids is 1. The molecule has 1 rings (SSSR count). The highest BCUT2D eigenvalue weighted by Gasteiger charge is 2.32. The molecule has 0 aliphatic rings. The van der Waals surface area contributed by atoms with Crippen LogP contribution in [0.25, 0.3) is 0 Å². The Morgan fingerprint density at radius 1 is 1.55 bits per heavy atom. The highest BCUT2D eigenvalue weighted by molar-refractivity contribution is 6.07. The molecular weight excluding hydrogens is 277 g/mol. The monoisotopic (exact) mass is 290 g/mol. The highest BCUT2D eigenvalue weighted by Crippen LogP contribution is 2.27. The molecule has 0 aromatic carbocycles. The molecule has 1 amide bonds. The third-order valence-corrected chi connectivity index (χ3v) is 2.52. The topological polar surface area (TPSA) is 101 Å². The molecule has 0 bridgehead atoms. The lowest BCUT2D eigenvalue weighted by molar-refractivity contribution is -0.141. The Morgan fingerprint density at radius 3 is 2.60 bits per heavy atom. The number of rotatable bonds is 4. The Kier molecular flexibility index (Phi) is 4.89. The molecule has 0 aliphatic heterocycles. The van der Waals surface area contributed by atoms with Crippen molar-refractivity contribution in [1.29, 1.82) is 0 Å². The minimum Gasteiger partial charge on any atom is -0.409 e. The van der Waals surface area contributed by atoms with Crippen molar-refractivity contribution in [3.8, 4) is 0 Å². The van der Waals surface area contributed by atoms with Gasteiger partial charge in [0.15, 0.2) is 5.84 Å². The molecule has 1 aromatic rings. The second-order valence-electron chi connectivity index (χ2n) is 3.90. The number of amides is 1. The van der Waals surface area contributed by atoms with Crippen molar-refractivity contribution >= 4 is 17.4 Å². The Hall–Kier alpha value is -2.32. The van der Waals surface area contributed by atoms with Crippen molar-refractivity contribution < 1.29 is 23.2 Å². The molecule has 1 aromatic heterocycles. The van der Waals surface area contributed by atoms with E-state index >= 15 is 0 Å². The zero-order valence-corrected chi connectivity index (χ0v) is 10.5. The van der Waals surface area contributed by atoms with Crippen LogP contribution in [0.5, 0.6) is 0 Å². The van der Waals surface area contributed by atoms with Gasteiger partial charge in [0.2, 0.25) is 5.91 Å². The van der Waals surface area contributed by atoms with Crippen LogP contribution in [-0.4, -0.2) is 21.9 Å². The van der Waals surface area contributed by atoms with Crippen LogP contribution in [0.3, 0.4) is 0 Å². The summed E-state index contributed by atoms with van der Waals surface area (Å²) in [6.07, 6.45) is -3.38. The molecule has 9 heteroatoms. The van der Waals surface area contributed by atoms with Gasteiger partial charge < -0.3 is 16.3 Å². The van der Waals surface area contributed by atoms with Gasteiger partial charge in [-0.2, -0.15) is 13.2 Å². The normalized spacial score (nSPS) is 13.9. The summed E-state index contributed by atoms with van der Waals surface area (Å²) < 4.78 is 36.9. The van der Waals surface area contributed by atoms with Crippen LogP contribution in [0.4, 0.5) is 18.9 Å². The number of hydrogen-bond donors (Lipinski definition) is 3. The van der Waals surface area contributed by atoms with Crippen LogP contribution in [0.15, 0.2) is 23.5 Å². The lowest BCUT2D eigenvalue weighted by Gasteiger charge is -2.13. The van der Waals surface area contributed by atoms with Crippen LogP contribution >= 0.6 is 0 Å². The van der Waals surface area contributed by atoms with E-state index in [-0.39, 0.29) is 17.9 Å². The fourth-order valence-electron chi connectivity index (χ4n) is 1.46. The summed E-state index contributed by atoms with van der Waals surface area (Å²) in [4.78, 5) is 15.0. The highest BCUT2D eigenvalue weighted by atomic mass is 19.4. The van der Waals surface area contributed by atoms with Gasteiger partial charge in [-0.25, -0.2) is 4.98 Å². The Labute approximate surface area is 112 Å². The number of carbonyl (C=O) groups is 1. The first-order chi connectivity index (χ1) is 9.29. The largest absolute Gasteiger partial charge is 0.433 e. The zero-order chi connectivity index (χ0) is 15.3. The predicted molar refractivity (Wildman–Crippen MR) is 65.1 cm³/mol. The van der Waals surface area contributed by atoms with Gasteiger partial charge in [-0.3, -0.25) is 4.79 Å². The van der Waals surface area contributed by atoms with Crippen LogP contribution < -0.4 is 11.1 Å².